The number of aryl methyl sites for hydroxylation is 2. The van der Waals surface area contributed by atoms with Crippen LogP contribution < -0.4 is 16.4 Å². The zero-order valence-electron chi connectivity index (χ0n) is 19.7. The van der Waals surface area contributed by atoms with Gasteiger partial charge in [0.2, 0.25) is 11.9 Å². The Morgan fingerprint density at radius 1 is 1.12 bits per heavy atom. The molecule has 0 spiro atoms. The number of carbonyl (C=O) groups excluding carboxylic acids is 2. The number of aromatic nitrogens is 2. The van der Waals surface area contributed by atoms with Crippen LogP contribution in [0.2, 0.25) is 0 Å². The molecule has 3 heterocycles. The van der Waals surface area contributed by atoms with Crippen molar-refractivity contribution in [2.45, 2.75) is 37.8 Å². The number of nitrogen functional groups attached to an aromatic ring is 1. The number of hydrogen-bond donors (Lipinski definition) is 3. The molecule has 2 amide bonds. The van der Waals surface area contributed by atoms with Crippen molar-refractivity contribution in [2.75, 3.05) is 50.9 Å². The molecule has 0 saturated carbocycles. The van der Waals surface area contributed by atoms with E-state index in [4.69, 9.17) is 10.5 Å². The van der Waals surface area contributed by atoms with Crippen molar-refractivity contribution in [1.82, 2.24) is 25.5 Å². The minimum atomic E-state index is -0.140. The monoisotopic (exact) mass is 484 g/mol. The third-order valence-electron chi connectivity index (χ3n) is 6.12. The van der Waals surface area contributed by atoms with Crippen LogP contribution in [0.5, 0.6) is 0 Å². The molecule has 2 aliphatic heterocycles. The fourth-order valence-electron chi connectivity index (χ4n) is 4.34. The van der Waals surface area contributed by atoms with Gasteiger partial charge in [0, 0.05) is 55.5 Å². The van der Waals surface area contributed by atoms with Gasteiger partial charge in [0.25, 0.3) is 5.91 Å². The maximum absolute atomic E-state index is 13.1. The van der Waals surface area contributed by atoms with E-state index in [1.807, 2.05) is 32.0 Å². The molecule has 0 radical (unpaired) electrons. The van der Waals surface area contributed by atoms with Gasteiger partial charge in [-0.25, -0.2) is 9.97 Å². The normalized spacial score (nSPS) is 20.5. The van der Waals surface area contributed by atoms with Crippen LogP contribution in [-0.4, -0.2) is 77.9 Å². The molecule has 1 atom stereocenters. The van der Waals surface area contributed by atoms with Crippen LogP contribution in [0.25, 0.3) is 11.3 Å². The lowest BCUT2D eigenvalue weighted by Gasteiger charge is -2.31. The zero-order chi connectivity index (χ0) is 24.1. The van der Waals surface area contributed by atoms with Gasteiger partial charge in [-0.15, -0.1) is 11.8 Å². The van der Waals surface area contributed by atoms with Crippen LogP contribution >= 0.6 is 11.8 Å². The number of carbonyl (C=O) groups is 2. The quantitative estimate of drug-likeness (QED) is 0.552. The topological polar surface area (TPSA) is 122 Å². The number of morpholine rings is 1. The highest BCUT2D eigenvalue weighted by atomic mass is 32.2. The van der Waals surface area contributed by atoms with Crippen LogP contribution in [0.15, 0.2) is 23.2 Å². The second kappa shape index (κ2) is 11.2. The highest BCUT2D eigenvalue weighted by Crippen LogP contribution is 2.29. The summed E-state index contributed by atoms with van der Waals surface area (Å²) in [6.07, 6.45) is 1.02. The summed E-state index contributed by atoms with van der Waals surface area (Å²) < 4.78 is 5.44. The fraction of sp³-hybridized carbons (Fsp3) is 0.500. The molecular weight excluding hydrogens is 452 g/mol. The molecule has 2 aliphatic rings. The first-order valence-electron chi connectivity index (χ1n) is 11.7. The minimum absolute atomic E-state index is 0.0108. The van der Waals surface area contributed by atoms with E-state index < -0.39 is 0 Å². The summed E-state index contributed by atoms with van der Waals surface area (Å²) >= 11 is 1.48. The molecule has 1 aromatic heterocycles. The number of nitrogens with one attached hydrogen (secondary N) is 2. The Morgan fingerprint density at radius 2 is 1.88 bits per heavy atom. The molecule has 34 heavy (non-hydrogen) atoms. The first-order valence-corrected chi connectivity index (χ1v) is 12.6. The van der Waals surface area contributed by atoms with Crippen molar-refractivity contribution in [3.8, 4) is 11.3 Å². The smallest absolute Gasteiger partial charge is 0.251 e. The van der Waals surface area contributed by atoms with Gasteiger partial charge < -0.3 is 21.1 Å². The van der Waals surface area contributed by atoms with Gasteiger partial charge in [0.15, 0.2) is 0 Å². The highest BCUT2D eigenvalue weighted by Gasteiger charge is 2.20. The Hall–Kier alpha value is -2.69. The number of benzene rings is 1. The third kappa shape index (κ3) is 6.25. The van der Waals surface area contributed by atoms with Crippen LogP contribution in [0, 0.1) is 13.8 Å². The summed E-state index contributed by atoms with van der Waals surface area (Å²) in [7, 11) is 0. The van der Waals surface area contributed by atoms with E-state index in [0.717, 1.165) is 36.3 Å². The van der Waals surface area contributed by atoms with Gasteiger partial charge in [0.05, 0.1) is 18.9 Å². The van der Waals surface area contributed by atoms with Gasteiger partial charge in [-0.2, -0.15) is 0 Å². The van der Waals surface area contributed by atoms with Crippen LogP contribution in [0.4, 0.5) is 5.95 Å². The molecular formula is C24H32N6O3S. The molecule has 10 heteroatoms. The zero-order valence-corrected chi connectivity index (χ0v) is 20.5. The summed E-state index contributed by atoms with van der Waals surface area (Å²) in [5.74, 6) is 0.602. The van der Waals surface area contributed by atoms with Crippen molar-refractivity contribution in [3.63, 3.8) is 0 Å². The molecule has 4 rings (SSSR count). The molecule has 1 saturated heterocycles. The van der Waals surface area contributed by atoms with E-state index in [9.17, 15) is 9.59 Å². The standard InChI is InChI=1S/C24H32N6O3S/c1-15-11-16(2)19-12-18(15)20-13-22(29-24(25)28-20)34-10-4-21(31)27-17(3-5-26-23(19)32)14-30-6-8-33-9-7-30/h11-13,17H,3-10,14H2,1-2H3,(H,26,32)(H,27,31)(H2,25,28,29). The Bertz CT molecular complexity index is 1060. The van der Waals surface area contributed by atoms with Crippen LogP contribution in [-0.2, 0) is 9.53 Å². The van der Waals surface area contributed by atoms with Gasteiger partial charge in [0.1, 0.15) is 5.03 Å². The lowest BCUT2D eigenvalue weighted by molar-refractivity contribution is -0.121. The Morgan fingerprint density at radius 3 is 2.68 bits per heavy atom. The molecule has 4 bridgehead atoms. The summed E-state index contributed by atoms with van der Waals surface area (Å²) in [6.45, 7) is 8.22. The van der Waals surface area contributed by atoms with Gasteiger partial charge in [-0.1, -0.05) is 6.07 Å². The number of ether oxygens (including phenoxy) is 1. The largest absolute Gasteiger partial charge is 0.379 e. The predicted molar refractivity (Wildman–Crippen MR) is 133 cm³/mol. The highest BCUT2D eigenvalue weighted by molar-refractivity contribution is 7.99. The molecule has 182 valence electrons. The molecule has 1 aromatic carbocycles. The first kappa shape index (κ1) is 24.4. The van der Waals surface area contributed by atoms with E-state index in [-0.39, 0.29) is 23.8 Å². The van der Waals surface area contributed by atoms with Gasteiger partial charge in [-0.05, 0) is 43.5 Å². The van der Waals surface area contributed by atoms with Crippen LogP contribution in [0.1, 0.15) is 34.3 Å². The summed E-state index contributed by atoms with van der Waals surface area (Å²) in [4.78, 5) is 36.8. The number of nitrogens with zero attached hydrogens (tertiary/aromatic N) is 3. The van der Waals surface area contributed by atoms with E-state index >= 15 is 0 Å². The van der Waals surface area contributed by atoms with Gasteiger partial charge in [-0.3, -0.25) is 14.5 Å². The Kier molecular flexibility index (Phi) is 8.02. The number of hydrogen-bond acceptors (Lipinski definition) is 8. The summed E-state index contributed by atoms with van der Waals surface area (Å²) in [5.41, 5.74) is 10.0. The predicted octanol–water partition coefficient (Wildman–Crippen LogP) is 1.78. The number of anilines is 1. The van der Waals surface area contributed by atoms with Crippen molar-refractivity contribution >= 4 is 29.5 Å². The minimum Gasteiger partial charge on any atom is -0.379 e. The van der Waals surface area contributed by atoms with E-state index in [0.29, 0.717) is 54.6 Å². The molecule has 4 N–H and O–H groups in total. The summed E-state index contributed by atoms with van der Waals surface area (Å²) in [5, 5.41) is 6.91. The SMILES string of the molecule is Cc1cc(C)c2cc1C(=O)NCCC(CN1CCOCC1)NC(=O)CCSc1cc-2nc(N)n1. The second-order valence-electron chi connectivity index (χ2n) is 8.75. The number of amides is 2. The maximum Gasteiger partial charge on any atom is 0.251 e. The van der Waals surface area contributed by atoms with Crippen molar-refractivity contribution < 1.29 is 14.3 Å². The van der Waals surface area contributed by atoms with E-state index in [1.54, 1.807) is 0 Å². The van der Waals surface area contributed by atoms with Crippen LogP contribution in [0.3, 0.4) is 0 Å². The van der Waals surface area contributed by atoms with Gasteiger partial charge >= 0.3 is 0 Å². The fourth-order valence-corrected chi connectivity index (χ4v) is 5.19. The van der Waals surface area contributed by atoms with Crippen molar-refractivity contribution in [2.24, 2.45) is 0 Å². The molecule has 1 fully saturated rings. The second-order valence-corrected chi connectivity index (χ2v) is 9.87. The number of rotatable bonds is 2. The Balaban J connectivity index is 1.60. The average Bonchev–Trinajstić information content (AvgIpc) is 2.78. The maximum atomic E-state index is 13.1. The lowest BCUT2D eigenvalue weighted by Crippen LogP contribution is -2.48. The molecule has 1 unspecified atom stereocenters. The Labute approximate surface area is 204 Å². The lowest BCUT2D eigenvalue weighted by atomic mass is 9.97. The number of fused-ring (bicyclic) bond motifs is 5. The number of nitrogens with two attached hydrogens (primary N) is 1. The van der Waals surface area contributed by atoms with E-state index in [2.05, 4.69) is 25.5 Å². The molecule has 2 aromatic rings. The molecule has 9 nitrogen and oxygen atoms in total. The first-order chi connectivity index (χ1) is 16.4. The molecule has 0 aliphatic carbocycles. The van der Waals surface area contributed by atoms with E-state index in [1.165, 1.54) is 11.8 Å². The summed E-state index contributed by atoms with van der Waals surface area (Å²) in [6, 6.07) is 5.69. The average molecular weight is 485 g/mol. The van der Waals surface area contributed by atoms with Crippen molar-refractivity contribution in [1.29, 1.82) is 0 Å². The van der Waals surface area contributed by atoms with Crippen molar-refractivity contribution in [3.05, 3.63) is 34.9 Å². The number of thioether (sulfide) groups is 1. The third-order valence-corrected chi connectivity index (χ3v) is 7.03.